The molecule has 0 aromatic heterocycles. The largest absolute Gasteiger partial charge is 0.292 e. The van der Waals surface area contributed by atoms with Crippen LogP contribution in [0.15, 0.2) is 53.1 Å². The second-order valence-corrected chi connectivity index (χ2v) is 5.50. The Labute approximate surface area is 117 Å². The first-order valence-electron chi connectivity index (χ1n) is 7.60. The molecule has 2 rings (SSSR count). The van der Waals surface area contributed by atoms with Crippen molar-refractivity contribution in [1.29, 1.82) is 0 Å². The Balaban J connectivity index is 1.92. The van der Waals surface area contributed by atoms with Gasteiger partial charge in [-0.05, 0) is 42.7 Å². The first kappa shape index (κ1) is 14.0. The van der Waals surface area contributed by atoms with Crippen LogP contribution in [-0.4, -0.2) is 12.8 Å². The van der Waals surface area contributed by atoms with E-state index >= 15 is 0 Å². The van der Waals surface area contributed by atoms with Gasteiger partial charge in [-0.15, -0.1) is 0 Å². The Bertz CT molecular complexity index is 403. The molecule has 0 aliphatic heterocycles. The lowest BCUT2D eigenvalue weighted by Gasteiger charge is -2.19. The molecule has 0 saturated heterocycles. The van der Waals surface area contributed by atoms with Crippen LogP contribution in [0.1, 0.15) is 44.9 Å². The van der Waals surface area contributed by atoms with E-state index in [0.29, 0.717) is 0 Å². The average molecular weight is 255 g/mol. The monoisotopic (exact) mass is 255 g/mol. The third-order valence-corrected chi connectivity index (χ3v) is 3.94. The van der Waals surface area contributed by atoms with Crippen molar-refractivity contribution in [2.75, 3.05) is 6.54 Å². The molecule has 0 radical (unpaired) electrons. The lowest BCUT2D eigenvalue weighted by molar-refractivity contribution is 0.367. The third kappa shape index (κ3) is 4.66. The van der Waals surface area contributed by atoms with Gasteiger partial charge in [0.05, 0.1) is 0 Å². The second kappa shape index (κ2) is 7.93. The second-order valence-electron chi connectivity index (χ2n) is 5.50. The molecule has 102 valence electrons. The predicted molar refractivity (Wildman–Crippen MR) is 84.7 cm³/mol. The molecule has 0 unspecified atom stereocenters. The molecule has 0 aromatic rings. The zero-order chi connectivity index (χ0) is 13.3. The zero-order valence-corrected chi connectivity index (χ0v) is 11.9. The Morgan fingerprint density at radius 2 is 2.11 bits per heavy atom. The van der Waals surface area contributed by atoms with Crippen LogP contribution in [0.25, 0.3) is 0 Å². The van der Waals surface area contributed by atoms with Gasteiger partial charge in [0.25, 0.3) is 0 Å². The van der Waals surface area contributed by atoms with Crippen LogP contribution < -0.4 is 0 Å². The highest BCUT2D eigenvalue weighted by Gasteiger charge is 2.12. The van der Waals surface area contributed by atoms with Gasteiger partial charge in [0.1, 0.15) is 0 Å². The first-order chi connectivity index (χ1) is 9.40. The summed E-state index contributed by atoms with van der Waals surface area (Å²) in [6.07, 6.45) is 21.9. The molecule has 0 spiro atoms. The summed E-state index contributed by atoms with van der Waals surface area (Å²) >= 11 is 0. The van der Waals surface area contributed by atoms with E-state index in [1.807, 2.05) is 12.3 Å². The number of nitrogens with zero attached hydrogens (tertiary/aromatic N) is 1. The van der Waals surface area contributed by atoms with Crippen LogP contribution in [0.2, 0.25) is 0 Å². The van der Waals surface area contributed by atoms with Gasteiger partial charge in [-0.1, -0.05) is 56.2 Å². The van der Waals surface area contributed by atoms with Crippen molar-refractivity contribution in [1.82, 2.24) is 0 Å². The van der Waals surface area contributed by atoms with Crippen LogP contribution in [0.4, 0.5) is 0 Å². The maximum Gasteiger partial charge on any atom is 0.0417 e. The fraction of sp³-hybridized carbons (Fsp3) is 0.500. The molecular formula is C18H25N. The van der Waals surface area contributed by atoms with E-state index in [0.717, 1.165) is 25.3 Å². The number of allylic oxidation sites excluding steroid dienone is 7. The Morgan fingerprint density at radius 3 is 2.79 bits per heavy atom. The van der Waals surface area contributed by atoms with E-state index in [1.165, 1.54) is 43.3 Å². The van der Waals surface area contributed by atoms with Gasteiger partial charge in [-0.2, -0.15) is 0 Å². The number of rotatable bonds is 5. The van der Waals surface area contributed by atoms with Crippen LogP contribution >= 0.6 is 0 Å². The average Bonchev–Trinajstić information content (AvgIpc) is 2.48. The first-order valence-corrected chi connectivity index (χ1v) is 7.60. The molecule has 0 atom stereocenters. The maximum absolute atomic E-state index is 4.67. The minimum absolute atomic E-state index is 0.811. The van der Waals surface area contributed by atoms with Crippen LogP contribution in [0.3, 0.4) is 0 Å². The standard InChI is InChI=1S/C18H25N/c1-2-9-18(17-12-7-4-8-13-17)15-19-14-16-10-5-3-6-11-16/h2,7,9,12-13,15-16H,1,3-6,8,10-11,14H2/b18-9+,19-15-. The lowest BCUT2D eigenvalue weighted by Crippen LogP contribution is -2.09. The van der Waals surface area contributed by atoms with E-state index in [1.54, 1.807) is 0 Å². The van der Waals surface area contributed by atoms with E-state index in [2.05, 4.69) is 35.9 Å². The van der Waals surface area contributed by atoms with Crippen LogP contribution in [-0.2, 0) is 0 Å². The molecule has 1 fully saturated rings. The number of hydrogen-bond acceptors (Lipinski definition) is 1. The molecule has 2 aliphatic carbocycles. The van der Waals surface area contributed by atoms with Crippen molar-refractivity contribution < 1.29 is 0 Å². The molecule has 0 heterocycles. The minimum atomic E-state index is 0.811. The SMILES string of the molecule is C=C/C=C(\C=N/CC1CCCCC1)C1=CCCC=C1. The van der Waals surface area contributed by atoms with E-state index in [9.17, 15) is 0 Å². The molecule has 2 aliphatic rings. The zero-order valence-electron chi connectivity index (χ0n) is 11.9. The predicted octanol–water partition coefficient (Wildman–Crippen LogP) is 5.03. The maximum atomic E-state index is 4.67. The summed E-state index contributed by atoms with van der Waals surface area (Å²) in [5, 5.41) is 0. The van der Waals surface area contributed by atoms with Crippen molar-refractivity contribution in [2.45, 2.75) is 44.9 Å². The van der Waals surface area contributed by atoms with Crippen molar-refractivity contribution in [2.24, 2.45) is 10.9 Å². The molecule has 19 heavy (non-hydrogen) atoms. The van der Waals surface area contributed by atoms with Gasteiger partial charge >= 0.3 is 0 Å². The summed E-state index contributed by atoms with van der Waals surface area (Å²) in [5.41, 5.74) is 2.49. The Morgan fingerprint density at radius 1 is 1.26 bits per heavy atom. The normalized spacial score (nSPS) is 21.7. The summed E-state index contributed by atoms with van der Waals surface area (Å²) in [4.78, 5) is 4.67. The molecule has 0 amide bonds. The van der Waals surface area contributed by atoms with Gasteiger partial charge in [-0.3, -0.25) is 4.99 Å². The van der Waals surface area contributed by atoms with Crippen LogP contribution in [0.5, 0.6) is 0 Å². The summed E-state index contributed by atoms with van der Waals surface area (Å²) in [5.74, 6) is 0.811. The van der Waals surface area contributed by atoms with Gasteiger partial charge in [-0.25, -0.2) is 0 Å². The summed E-state index contributed by atoms with van der Waals surface area (Å²) in [7, 11) is 0. The number of hydrogen-bond donors (Lipinski definition) is 0. The highest BCUT2D eigenvalue weighted by molar-refractivity contribution is 5.86. The molecule has 0 bridgehead atoms. The molecular weight excluding hydrogens is 230 g/mol. The van der Waals surface area contributed by atoms with Gasteiger partial charge in [0, 0.05) is 12.8 Å². The van der Waals surface area contributed by atoms with Crippen molar-refractivity contribution >= 4 is 6.21 Å². The summed E-state index contributed by atoms with van der Waals surface area (Å²) < 4.78 is 0. The smallest absolute Gasteiger partial charge is 0.0417 e. The van der Waals surface area contributed by atoms with E-state index in [-0.39, 0.29) is 0 Å². The Kier molecular flexibility index (Phi) is 5.87. The highest BCUT2D eigenvalue weighted by Crippen LogP contribution is 2.24. The fourth-order valence-electron chi connectivity index (χ4n) is 2.84. The van der Waals surface area contributed by atoms with E-state index < -0.39 is 0 Å². The third-order valence-electron chi connectivity index (χ3n) is 3.94. The van der Waals surface area contributed by atoms with Crippen molar-refractivity contribution in [3.63, 3.8) is 0 Å². The van der Waals surface area contributed by atoms with Crippen molar-refractivity contribution in [3.8, 4) is 0 Å². The van der Waals surface area contributed by atoms with Gasteiger partial charge in [0.2, 0.25) is 0 Å². The molecule has 0 N–H and O–H groups in total. The minimum Gasteiger partial charge on any atom is -0.292 e. The van der Waals surface area contributed by atoms with E-state index in [4.69, 9.17) is 0 Å². The topological polar surface area (TPSA) is 12.4 Å². The van der Waals surface area contributed by atoms with Crippen LogP contribution in [0, 0.1) is 5.92 Å². The molecule has 1 nitrogen and oxygen atoms in total. The van der Waals surface area contributed by atoms with Crippen molar-refractivity contribution in [3.05, 3.63) is 48.1 Å². The summed E-state index contributed by atoms with van der Waals surface area (Å²) in [6.45, 7) is 4.80. The lowest BCUT2D eigenvalue weighted by atomic mass is 9.89. The summed E-state index contributed by atoms with van der Waals surface area (Å²) in [6, 6.07) is 0. The Hall–Kier alpha value is -1.37. The number of aliphatic imine (C=N–C) groups is 1. The molecule has 1 saturated carbocycles. The molecule has 0 aromatic carbocycles. The highest BCUT2D eigenvalue weighted by atomic mass is 14.7. The fourth-order valence-corrected chi connectivity index (χ4v) is 2.84. The van der Waals surface area contributed by atoms with Gasteiger partial charge in [0.15, 0.2) is 0 Å². The molecule has 1 heteroatoms. The van der Waals surface area contributed by atoms with Gasteiger partial charge < -0.3 is 0 Å². The quantitative estimate of drug-likeness (QED) is 0.483.